The number of nitrogens with zero attached hydrogens (tertiary/aromatic N) is 1. The Labute approximate surface area is 128 Å². The van der Waals surface area contributed by atoms with E-state index in [4.69, 9.17) is 0 Å². The Morgan fingerprint density at radius 3 is 2.29 bits per heavy atom. The van der Waals surface area contributed by atoms with E-state index in [9.17, 15) is 9.90 Å². The van der Waals surface area contributed by atoms with Crippen LogP contribution in [0.2, 0.25) is 0 Å². The fourth-order valence-electron chi connectivity index (χ4n) is 2.44. The van der Waals surface area contributed by atoms with Crippen molar-refractivity contribution in [2.45, 2.75) is 38.7 Å². The van der Waals surface area contributed by atoms with Gasteiger partial charge in [-0.2, -0.15) is 0 Å². The van der Waals surface area contributed by atoms with Gasteiger partial charge in [0, 0.05) is 18.7 Å². The molecule has 0 aliphatic rings. The van der Waals surface area contributed by atoms with Crippen molar-refractivity contribution < 1.29 is 9.90 Å². The van der Waals surface area contributed by atoms with E-state index in [0.717, 1.165) is 5.56 Å². The van der Waals surface area contributed by atoms with Crippen molar-refractivity contribution in [3.63, 3.8) is 0 Å². The van der Waals surface area contributed by atoms with Crippen molar-refractivity contribution >= 4 is 5.91 Å². The van der Waals surface area contributed by atoms with Gasteiger partial charge in [0.25, 0.3) is 5.91 Å². The van der Waals surface area contributed by atoms with Gasteiger partial charge in [-0.15, -0.1) is 0 Å². The first-order valence-electron chi connectivity index (χ1n) is 7.28. The summed E-state index contributed by atoms with van der Waals surface area (Å²) < 4.78 is 0. The molecule has 0 radical (unpaired) electrons. The lowest BCUT2D eigenvalue weighted by molar-refractivity contribution is 0.0325. The minimum absolute atomic E-state index is 0.0971. The number of benzene rings is 1. The van der Waals surface area contributed by atoms with Crippen LogP contribution in [-0.4, -0.2) is 48.7 Å². The molecule has 0 saturated heterocycles. The fraction of sp³-hybridized carbons (Fsp3) is 0.588. The quantitative estimate of drug-likeness (QED) is 0.873. The number of nitrogens with one attached hydrogen (secondary N) is 1. The van der Waals surface area contributed by atoms with Crippen LogP contribution in [0.3, 0.4) is 0 Å². The van der Waals surface area contributed by atoms with E-state index in [2.05, 4.69) is 26.1 Å². The number of hydrogen-bond acceptors (Lipinski definition) is 3. The SMILES string of the molecule is CN(C)CC(C)(O)CNC(=O)c1ccccc1C(C)(C)C. The lowest BCUT2D eigenvalue weighted by Gasteiger charge is -2.28. The van der Waals surface area contributed by atoms with Crippen LogP contribution in [0.5, 0.6) is 0 Å². The maximum Gasteiger partial charge on any atom is 0.251 e. The molecule has 1 amide bonds. The van der Waals surface area contributed by atoms with E-state index < -0.39 is 5.60 Å². The second-order valence-electron chi connectivity index (χ2n) is 7.21. The molecule has 0 aliphatic heterocycles. The molecule has 0 bridgehead atoms. The Morgan fingerprint density at radius 1 is 1.19 bits per heavy atom. The molecule has 2 N–H and O–H groups in total. The van der Waals surface area contributed by atoms with Gasteiger partial charge >= 0.3 is 0 Å². The molecule has 1 unspecified atom stereocenters. The predicted octanol–water partition coefficient (Wildman–Crippen LogP) is 2.03. The van der Waals surface area contributed by atoms with Gasteiger partial charge in [-0.1, -0.05) is 39.0 Å². The van der Waals surface area contributed by atoms with Crippen molar-refractivity contribution in [2.24, 2.45) is 0 Å². The van der Waals surface area contributed by atoms with Crippen LogP contribution in [0.15, 0.2) is 24.3 Å². The highest BCUT2D eigenvalue weighted by atomic mass is 16.3. The zero-order chi connectivity index (χ0) is 16.3. The highest BCUT2D eigenvalue weighted by Crippen LogP contribution is 2.25. The van der Waals surface area contributed by atoms with E-state index >= 15 is 0 Å². The average Bonchev–Trinajstić information content (AvgIpc) is 2.33. The van der Waals surface area contributed by atoms with E-state index in [-0.39, 0.29) is 17.9 Å². The first kappa shape index (κ1) is 17.7. The number of carbonyl (C=O) groups is 1. The maximum absolute atomic E-state index is 12.4. The van der Waals surface area contributed by atoms with Gasteiger partial charge in [-0.25, -0.2) is 0 Å². The summed E-state index contributed by atoms with van der Waals surface area (Å²) in [6.07, 6.45) is 0. The lowest BCUT2D eigenvalue weighted by atomic mass is 9.83. The normalized spacial score (nSPS) is 14.9. The van der Waals surface area contributed by atoms with Crippen LogP contribution < -0.4 is 5.32 Å². The topological polar surface area (TPSA) is 52.6 Å². The Morgan fingerprint density at radius 2 is 1.76 bits per heavy atom. The smallest absolute Gasteiger partial charge is 0.251 e. The number of aliphatic hydroxyl groups is 1. The molecular formula is C17H28N2O2. The van der Waals surface area contributed by atoms with E-state index in [1.165, 1.54) is 0 Å². The van der Waals surface area contributed by atoms with E-state index in [1.54, 1.807) is 6.92 Å². The molecule has 4 nitrogen and oxygen atoms in total. The molecule has 1 atom stereocenters. The Kier molecular flexibility index (Phi) is 5.54. The first-order valence-corrected chi connectivity index (χ1v) is 7.28. The van der Waals surface area contributed by atoms with Crippen LogP contribution >= 0.6 is 0 Å². The predicted molar refractivity (Wildman–Crippen MR) is 86.7 cm³/mol. The zero-order valence-electron chi connectivity index (χ0n) is 14.0. The standard InChI is InChI=1S/C17H28N2O2/c1-16(2,3)14-10-8-7-9-13(14)15(20)18-11-17(4,21)12-19(5)6/h7-10,21H,11-12H2,1-6H3,(H,18,20). The molecule has 0 spiro atoms. The molecule has 0 fully saturated rings. The molecule has 0 heterocycles. The van der Waals surface area contributed by atoms with E-state index in [1.807, 2.05) is 43.3 Å². The molecule has 1 aromatic rings. The molecule has 0 saturated carbocycles. The van der Waals surface area contributed by atoms with Crippen molar-refractivity contribution in [1.82, 2.24) is 10.2 Å². The summed E-state index contributed by atoms with van der Waals surface area (Å²) in [4.78, 5) is 14.3. The molecule has 1 rings (SSSR count). The zero-order valence-corrected chi connectivity index (χ0v) is 14.0. The number of likely N-dealkylation sites (N-methyl/N-ethyl adjacent to an activating group) is 1. The van der Waals surface area contributed by atoms with Crippen LogP contribution in [0, 0.1) is 0 Å². The van der Waals surface area contributed by atoms with Crippen molar-refractivity contribution in [1.29, 1.82) is 0 Å². The van der Waals surface area contributed by atoms with Crippen molar-refractivity contribution in [3.8, 4) is 0 Å². The van der Waals surface area contributed by atoms with Crippen LogP contribution in [0.1, 0.15) is 43.6 Å². The second-order valence-corrected chi connectivity index (χ2v) is 7.21. The van der Waals surface area contributed by atoms with Gasteiger partial charge in [0.2, 0.25) is 0 Å². The molecule has 118 valence electrons. The molecule has 21 heavy (non-hydrogen) atoms. The Balaban J connectivity index is 2.82. The number of rotatable bonds is 5. The third-order valence-electron chi connectivity index (χ3n) is 3.27. The van der Waals surface area contributed by atoms with Crippen molar-refractivity contribution in [2.75, 3.05) is 27.2 Å². The second kappa shape index (κ2) is 6.58. The highest BCUT2D eigenvalue weighted by molar-refractivity contribution is 5.96. The summed E-state index contributed by atoms with van der Waals surface area (Å²) in [6.45, 7) is 8.70. The first-order chi connectivity index (χ1) is 9.53. The largest absolute Gasteiger partial charge is 0.387 e. The number of amides is 1. The highest BCUT2D eigenvalue weighted by Gasteiger charge is 2.25. The monoisotopic (exact) mass is 292 g/mol. The summed E-state index contributed by atoms with van der Waals surface area (Å²) in [6, 6.07) is 7.62. The van der Waals surface area contributed by atoms with Gasteiger partial charge in [-0.3, -0.25) is 4.79 Å². The minimum Gasteiger partial charge on any atom is -0.387 e. The lowest BCUT2D eigenvalue weighted by Crippen LogP contribution is -2.47. The summed E-state index contributed by atoms with van der Waals surface area (Å²) in [7, 11) is 3.79. The number of hydrogen-bond donors (Lipinski definition) is 2. The Bertz CT molecular complexity index is 488. The Hall–Kier alpha value is -1.39. The van der Waals surface area contributed by atoms with Crippen LogP contribution in [0.4, 0.5) is 0 Å². The average molecular weight is 292 g/mol. The van der Waals surface area contributed by atoms with Crippen LogP contribution in [-0.2, 0) is 5.41 Å². The maximum atomic E-state index is 12.4. The minimum atomic E-state index is -0.949. The molecule has 0 aromatic heterocycles. The molecule has 1 aromatic carbocycles. The summed E-state index contributed by atoms with van der Waals surface area (Å²) in [5.74, 6) is -0.139. The molecule has 4 heteroatoms. The van der Waals surface area contributed by atoms with Gasteiger partial charge in [0.1, 0.15) is 0 Å². The third kappa shape index (κ3) is 5.48. The molecular weight excluding hydrogens is 264 g/mol. The summed E-state index contributed by atoms with van der Waals surface area (Å²) >= 11 is 0. The number of carbonyl (C=O) groups excluding carboxylic acids is 1. The fourth-order valence-corrected chi connectivity index (χ4v) is 2.44. The van der Waals surface area contributed by atoms with E-state index in [0.29, 0.717) is 12.1 Å². The summed E-state index contributed by atoms with van der Waals surface area (Å²) in [5, 5.41) is 13.1. The van der Waals surface area contributed by atoms with Gasteiger partial charge in [-0.05, 0) is 38.1 Å². The van der Waals surface area contributed by atoms with Gasteiger partial charge < -0.3 is 15.3 Å². The third-order valence-corrected chi connectivity index (χ3v) is 3.27. The summed E-state index contributed by atoms with van der Waals surface area (Å²) in [5.41, 5.74) is 0.635. The van der Waals surface area contributed by atoms with Gasteiger partial charge in [0.05, 0.1) is 5.60 Å². The van der Waals surface area contributed by atoms with Crippen LogP contribution in [0.25, 0.3) is 0 Å². The molecule has 0 aliphatic carbocycles. The van der Waals surface area contributed by atoms with Crippen molar-refractivity contribution in [3.05, 3.63) is 35.4 Å². The van der Waals surface area contributed by atoms with Gasteiger partial charge in [0.15, 0.2) is 0 Å².